The van der Waals surface area contributed by atoms with Gasteiger partial charge in [-0.15, -0.1) is 0 Å². The van der Waals surface area contributed by atoms with Crippen molar-refractivity contribution in [3.8, 4) is 11.5 Å². The number of fused-ring (bicyclic) bond motifs is 2. The molecule has 2 aliphatic carbocycles. The van der Waals surface area contributed by atoms with Gasteiger partial charge in [-0.25, -0.2) is 9.78 Å². The Bertz CT molecular complexity index is 1410. The molecule has 5 rings (SSSR count). The summed E-state index contributed by atoms with van der Waals surface area (Å²) in [5.74, 6) is 1.66. The number of carbonyl (C=O) groups is 3. The third kappa shape index (κ3) is 6.91. The highest BCUT2D eigenvalue weighted by atomic mass is 35.5. The minimum atomic E-state index is -0.948. The number of anilines is 1. The van der Waals surface area contributed by atoms with E-state index in [1.54, 1.807) is 25.3 Å². The van der Waals surface area contributed by atoms with E-state index in [9.17, 15) is 14.4 Å². The van der Waals surface area contributed by atoms with E-state index in [1.165, 1.54) is 18.4 Å². The molecule has 44 heavy (non-hydrogen) atoms. The fourth-order valence-corrected chi connectivity index (χ4v) is 6.57. The van der Waals surface area contributed by atoms with Crippen molar-refractivity contribution in [1.29, 1.82) is 0 Å². The molecule has 13 heteroatoms. The van der Waals surface area contributed by atoms with Gasteiger partial charge in [-0.2, -0.15) is 0 Å². The summed E-state index contributed by atoms with van der Waals surface area (Å²) in [6, 6.07) is 3.39. The highest BCUT2D eigenvalue weighted by molar-refractivity contribution is 6.36. The normalized spacial score (nSPS) is 24.9. The van der Waals surface area contributed by atoms with Crippen LogP contribution in [-0.2, 0) is 19.1 Å². The molecule has 3 fully saturated rings. The largest absolute Gasteiger partial charge is 0.495 e. The van der Waals surface area contributed by atoms with Crippen LogP contribution in [0.1, 0.15) is 46.5 Å². The van der Waals surface area contributed by atoms with Gasteiger partial charge in [0.1, 0.15) is 46.6 Å². The van der Waals surface area contributed by atoms with Crippen molar-refractivity contribution in [2.24, 2.45) is 23.0 Å². The van der Waals surface area contributed by atoms with Crippen LogP contribution < -0.4 is 25.8 Å². The third-order valence-corrected chi connectivity index (χ3v) is 9.06. The number of carbonyl (C=O) groups excluding carboxylic acids is 3. The molecule has 1 aromatic heterocycles. The maximum atomic E-state index is 14.0. The summed E-state index contributed by atoms with van der Waals surface area (Å²) in [7, 11) is 3.13. The predicted octanol–water partition coefficient (Wildman–Crippen LogP) is 3.73. The lowest BCUT2D eigenvalue weighted by atomic mass is 9.85. The first-order valence-corrected chi connectivity index (χ1v) is 15.4. The van der Waals surface area contributed by atoms with Gasteiger partial charge in [-0.1, -0.05) is 32.4 Å². The van der Waals surface area contributed by atoms with Crippen molar-refractivity contribution < 1.29 is 33.3 Å². The topological polar surface area (TPSA) is 154 Å². The molecular weight excluding hydrogens is 590 g/mol. The number of primary amides is 1. The zero-order chi connectivity index (χ0) is 31.8. The number of ether oxygens (including phenoxy) is 4. The molecule has 6 atom stereocenters. The molecule has 4 N–H and O–H groups in total. The number of amides is 3. The first kappa shape index (κ1) is 31.9. The molecule has 240 valence electrons. The van der Waals surface area contributed by atoms with Gasteiger partial charge >= 0.3 is 6.09 Å². The number of halogens is 1. The highest BCUT2D eigenvalue weighted by Gasteiger charge is 2.48. The number of methoxy groups -OCH3 is 2. The summed E-state index contributed by atoms with van der Waals surface area (Å²) in [6.45, 7) is 6.59. The minimum Gasteiger partial charge on any atom is -0.495 e. The average molecular weight is 632 g/mol. The summed E-state index contributed by atoms with van der Waals surface area (Å²) < 4.78 is 22.6. The minimum absolute atomic E-state index is 0.0852. The fourth-order valence-electron chi connectivity index (χ4n) is 6.28. The number of aromatic nitrogens is 1. The molecule has 2 unspecified atom stereocenters. The zero-order valence-electron chi connectivity index (χ0n) is 25.9. The fraction of sp³-hybridized carbons (Fsp3) is 0.613. The van der Waals surface area contributed by atoms with Crippen LogP contribution in [0.2, 0.25) is 5.02 Å². The second-order valence-corrected chi connectivity index (χ2v) is 13.4. The molecule has 2 heterocycles. The number of pyridine rings is 1. The van der Waals surface area contributed by atoms with Crippen molar-refractivity contribution in [2.45, 2.75) is 70.7 Å². The van der Waals surface area contributed by atoms with Gasteiger partial charge in [-0.05, 0) is 48.6 Å². The van der Waals surface area contributed by atoms with Crippen molar-refractivity contribution in [3.05, 3.63) is 23.2 Å². The molecule has 1 aliphatic heterocycles. The number of likely N-dealkylation sites (tertiary alicyclic amines) is 1. The second kappa shape index (κ2) is 12.8. The van der Waals surface area contributed by atoms with E-state index in [0.717, 1.165) is 12.8 Å². The van der Waals surface area contributed by atoms with Gasteiger partial charge in [-0.3, -0.25) is 9.59 Å². The molecule has 1 aromatic carbocycles. The Labute approximate surface area is 262 Å². The van der Waals surface area contributed by atoms with Gasteiger partial charge in [0.25, 0.3) is 0 Å². The molecule has 2 saturated carbocycles. The quantitative estimate of drug-likeness (QED) is 0.315. The van der Waals surface area contributed by atoms with E-state index in [2.05, 4.69) is 15.6 Å². The van der Waals surface area contributed by atoms with Crippen LogP contribution in [0.5, 0.6) is 11.5 Å². The van der Waals surface area contributed by atoms with Crippen LogP contribution in [0.15, 0.2) is 18.2 Å². The first-order valence-electron chi connectivity index (χ1n) is 15.0. The van der Waals surface area contributed by atoms with Crippen LogP contribution >= 0.6 is 11.6 Å². The number of nitrogens with one attached hydrogen (secondary N) is 2. The van der Waals surface area contributed by atoms with Crippen LogP contribution in [0, 0.1) is 17.3 Å². The van der Waals surface area contributed by atoms with Crippen molar-refractivity contribution in [1.82, 2.24) is 15.2 Å². The SMILES string of the molecule is COCCNc1cc(OC2C[C@@H](C(N)=O)N(C(=O)[C@@H](NC(=O)OC3C[C@@H]4C[C@@H]4C3)C(C)(C)C)C2)c2ccc(OC)c(Cl)c2n1. The molecule has 0 radical (unpaired) electrons. The van der Waals surface area contributed by atoms with Crippen LogP contribution in [0.4, 0.5) is 10.6 Å². The van der Waals surface area contributed by atoms with Gasteiger partial charge in [0.05, 0.1) is 25.8 Å². The second-order valence-electron chi connectivity index (χ2n) is 13.0. The average Bonchev–Trinajstić information content (AvgIpc) is 3.35. The lowest BCUT2D eigenvalue weighted by molar-refractivity contribution is -0.141. The third-order valence-electron chi connectivity index (χ3n) is 8.70. The molecule has 1 saturated heterocycles. The van der Waals surface area contributed by atoms with Crippen LogP contribution in [0.3, 0.4) is 0 Å². The van der Waals surface area contributed by atoms with Crippen molar-refractivity contribution in [2.75, 3.05) is 39.2 Å². The Morgan fingerprint density at radius 2 is 1.82 bits per heavy atom. The monoisotopic (exact) mass is 631 g/mol. The molecule has 3 aliphatic rings. The number of hydrogen-bond donors (Lipinski definition) is 3. The van der Waals surface area contributed by atoms with E-state index < -0.39 is 41.5 Å². The summed E-state index contributed by atoms with van der Waals surface area (Å²) in [5, 5.41) is 6.94. The van der Waals surface area contributed by atoms with E-state index in [1.807, 2.05) is 20.8 Å². The molecule has 0 bridgehead atoms. The number of nitrogens with zero attached hydrogens (tertiary/aromatic N) is 2. The van der Waals surface area contributed by atoms with Gasteiger partial charge in [0.2, 0.25) is 11.8 Å². The zero-order valence-corrected chi connectivity index (χ0v) is 26.6. The Morgan fingerprint density at radius 1 is 1.09 bits per heavy atom. The van der Waals surface area contributed by atoms with E-state index in [4.69, 9.17) is 36.3 Å². The number of nitrogens with two attached hydrogens (primary N) is 1. The number of rotatable bonds is 11. The lowest BCUT2D eigenvalue weighted by Crippen LogP contribution is -2.57. The number of hydrogen-bond acceptors (Lipinski definition) is 9. The maximum absolute atomic E-state index is 14.0. The van der Waals surface area contributed by atoms with Crippen LogP contribution in [-0.4, -0.2) is 86.0 Å². The Hall–Kier alpha value is -3.51. The lowest BCUT2D eigenvalue weighted by Gasteiger charge is -2.35. The van der Waals surface area contributed by atoms with Crippen molar-refractivity contribution >= 4 is 46.2 Å². The van der Waals surface area contributed by atoms with E-state index >= 15 is 0 Å². The maximum Gasteiger partial charge on any atom is 0.408 e. The van der Waals surface area contributed by atoms with Crippen LogP contribution in [0.25, 0.3) is 10.9 Å². The molecule has 12 nitrogen and oxygen atoms in total. The van der Waals surface area contributed by atoms with E-state index in [-0.39, 0.29) is 19.1 Å². The first-order chi connectivity index (χ1) is 20.9. The molecule has 0 spiro atoms. The smallest absolute Gasteiger partial charge is 0.408 e. The summed E-state index contributed by atoms with van der Waals surface area (Å²) in [4.78, 5) is 45.5. The van der Waals surface area contributed by atoms with E-state index in [0.29, 0.717) is 58.2 Å². The Morgan fingerprint density at radius 3 is 2.45 bits per heavy atom. The summed E-state index contributed by atoms with van der Waals surface area (Å²) in [5.41, 5.74) is 5.59. The number of alkyl carbamates (subject to hydrolysis) is 1. The summed E-state index contributed by atoms with van der Waals surface area (Å²) in [6.07, 6.45) is 1.78. The Balaban J connectivity index is 1.36. The van der Waals surface area contributed by atoms with Gasteiger partial charge in [0.15, 0.2) is 0 Å². The standard InChI is InChI=1S/C31H42ClN5O7/c1-31(2,3)27(36-30(40)44-18-11-16-10-17(16)12-18)29(39)37-15-19(13-21(37)28(33)38)43-23-14-24(34-8-9-41-4)35-26-20(23)6-7-22(42-5)25(26)32/h6-7,14,16-19,21,27H,8-13,15H2,1-5H3,(H2,33,38)(H,34,35)(H,36,40)/t16-,17+,18?,19?,21-,27+/m0/s1. The molecular formula is C31H42ClN5O7. The molecule has 2 aromatic rings. The molecule has 3 amide bonds. The van der Waals surface area contributed by atoms with Gasteiger partial charge < -0.3 is 40.2 Å². The Kier molecular flexibility index (Phi) is 9.31. The highest BCUT2D eigenvalue weighted by Crippen LogP contribution is 2.52. The number of benzene rings is 1. The van der Waals surface area contributed by atoms with Crippen molar-refractivity contribution in [3.63, 3.8) is 0 Å². The predicted molar refractivity (Wildman–Crippen MR) is 165 cm³/mol. The summed E-state index contributed by atoms with van der Waals surface area (Å²) >= 11 is 6.62. The van der Waals surface area contributed by atoms with Gasteiger partial charge in [0, 0.05) is 31.5 Å².